The van der Waals surface area contributed by atoms with E-state index in [0.717, 1.165) is 13.2 Å². The van der Waals surface area contributed by atoms with E-state index in [1.54, 1.807) is 0 Å². The zero-order valence-electron chi connectivity index (χ0n) is 7.60. The van der Waals surface area contributed by atoms with Crippen LogP contribution in [0.15, 0.2) is 0 Å². The van der Waals surface area contributed by atoms with Crippen molar-refractivity contribution in [3.8, 4) is 0 Å². The highest BCUT2D eigenvalue weighted by Crippen LogP contribution is 2.22. The van der Waals surface area contributed by atoms with Crippen molar-refractivity contribution in [2.24, 2.45) is 11.7 Å². The van der Waals surface area contributed by atoms with Crippen LogP contribution in [-0.4, -0.2) is 18.8 Å². The van der Waals surface area contributed by atoms with Crippen molar-refractivity contribution in [1.29, 1.82) is 0 Å². The zero-order valence-corrected chi connectivity index (χ0v) is 7.60. The van der Waals surface area contributed by atoms with Gasteiger partial charge >= 0.3 is 0 Å². The summed E-state index contributed by atoms with van der Waals surface area (Å²) in [7, 11) is 0. The Morgan fingerprint density at radius 2 is 2.09 bits per heavy atom. The molecule has 1 aliphatic rings. The van der Waals surface area contributed by atoms with Gasteiger partial charge < -0.3 is 10.5 Å². The van der Waals surface area contributed by atoms with Crippen LogP contribution >= 0.6 is 0 Å². The van der Waals surface area contributed by atoms with Crippen molar-refractivity contribution >= 4 is 0 Å². The third kappa shape index (κ3) is 2.80. The summed E-state index contributed by atoms with van der Waals surface area (Å²) in [6.07, 6.45) is 3.70. The summed E-state index contributed by atoms with van der Waals surface area (Å²) in [5.74, 6) is 0.546. The van der Waals surface area contributed by atoms with Gasteiger partial charge in [0.15, 0.2) is 0 Å². The van der Waals surface area contributed by atoms with Crippen molar-refractivity contribution in [1.82, 2.24) is 0 Å². The molecule has 1 fully saturated rings. The van der Waals surface area contributed by atoms with E-state index in [1.165, 1.54) is 19.3 Å². The Labute approximate surface area is 69.1 Å². The topological polar surface area (TPSA) is 35.2 Å². The molecule has 0 radical (unpaired) electrons. The monoisotopic (exact) mass is 157 g/mol. The summed E-state index contributed by atoms with van der Waals surface area (Å²) in [6, 6.07) is 0. The maximum Gasteiger partial charge on any atom is 0.0511 e. The van der Waals surface area contributed by atoms with Crippen LogP contribution in [-0.2, 0) is 4.74 Å². The van der Waals surface area contributed by atoms with Crippen LogP contribution in [0.2, 0.25) is 0 Å². The van der Waals surface area contributed by atoms with Crippen molar-refractivity contribution in [2.75, 3.05) is 13.2 Å². The molecule has 0 amide bonds. The molecule has 0 saturated carbocycles. The quantitative estimate of drug-likeness (QED) is 0.626. The van der Waals surface area contributed by atoms with Crippen molar-refractivity contribution in [3.63, 3.8) is 0 Å². The van der Waals surface area contributed by atoms with Crippen LogP contribution in [0.3, 0.4) is 0 Å². The van der Waals surface area contributed by atoms with E-state index in [9.17, 15) is 0 Å². The summed E-state index contributed by atoms with van der Waals surface area (Å²) in [6.45, 7) is 5.95. The van der Waals surface area contributed by atoms with Gasteiger partial charge in [-0.1, -0.05) is 6.42 Å². The molecule has 1 rings (SSSR count). The summed E-state index contributed by atoms with van der Waals surface area (Å²) < 4.78 is 5.45. The Morgan fingerprint density at radius 1 is 1.36 bits per heavy atom. The molecule has 1 heterocycles. The van der Waals surface area contributed by atoms with Gasteiger partial charge in [-0.3, -0.25) is 0 Å². The summed E-state index contributed by atoms with van der Waals surface area (Å²) >= 11 is 0. The fourth-order valence-electron chi connectivity index (χ4n) is 1.49. The number of ether oxygens (including phenoxy) is 1. The van der Waals surface area contributed by atoms with E-state index < -0.39 is 0 Å². The molecule has 11 heavy (non-hydrogen) atoms. The van der Waals surface area contributed by atoms with Crippen LogP contribution in [0, 0.1) is 5.92 Å². The van der Waals surface area contributed by atoms with Gasteiger partial charge in [-0.15, -0.1) is 0 Å². The first-order valence-electron chi connectivity index (χ1n) is 4.47. The zero-order chi connectivity index (χ0) is 8.32. The van der Waals surface area contributed by atoms with Gasteiger partial charge in [-0.2, -0.15) is 0 Å². The fourth-order valence-corrected chi connectivity index (χ4v) is 1.49. The molecule has 2 nitrogen and oxygen atoms in total. The number of nitrogens with two attached hydrogens (primary N) is 1. The highest BCUT2D eigenvalue weighted by Gasteiger charge is 2.25. The van der Waals surface area contributed by atoms with E-state index in [1.807, 2.05) is 0 Å². The molecule has 2 N–H and O–H groups in total. The molecule has 1 atom stereocenters. The van der Waals surface area contributed by atoms with Gasteiger partial charge in [0.05, 0.1) is 6.61 Å². The fraction of sp³-hybridized carbons (Fsp3) is 1.00. The second-order valence-corrected chi connectivity index (χ2v) is 4.09. The van der Waals surface area contributed by atoms with E-state index in [2.05, 4.69) is 13.8 Å². The van der Waals surface area contributed by atoms with Gasteiger partial charge in [0, 0.05) is 12.1 Å². The lowest BCUT2D eigenvalue weighted by Gasteiger charge is -2.28. The van der Waals surface area contributed by atoms with Crippen LogP contribution in [0.1, 0.15) is 33.1 Å². The van der Waals surface area contributed by atoms with Crippen molar-refractivity contribution < 1.29 is 4.74 Å². The lowest BCUT2D eigenvalue weighted by Crippen LogP contribution is -2.42. The van der Waals surface area contributed by atoms with Gasteiger partial charge in [0.25, 0.3) is 0 Å². The lowest BCUT2D eigenvalue weighted by molar-refractivity contribution is 0.0916. The van der Waals surface area contributed by atoms with E-state index >= 15 is 0 Å². The first-order valence-corrected chi connectivity index (χ1v) is 4.47. The molecule has 0 aromatic heterocycles. The third-order valence-corrected chi connectivity index (χ3v) is 2.46. The molecule has 1 saturated heterocycles. The third-order valence-electron chi connectivity index (χ3n) is 2.46. The van der Waals surface area contributed by atoms with Crippen LogP contribution in [0.4, 0.5) is 0 Å². The first kappa shape index (κ1) is 9.01. The molecule has 1 aliphatic heterocycles. The molecular formula is C9H19NO. The van der Waals surface area contributed by atoms with Gasteiger partial charge in [0.2, 0.25) is 0 Å². The normalized spacial score (nSPS) is 28.1. The summed E-state index contributed by atoms with van der Waals surface area (Å²) in [5.41, 5.74) is 5.93. The van der Waals surface area contributed by atoms with Crippen LogP contribution in [0.5, 0.6) is 0 Å². The minimum absolute atomic E-state index is 0.0651. The Kier molecular flexibility index (Phi) is 2.90. The highest BCUT2D eigenvalue weighted by atomic mass is 16.5. The molecule has 0 spiro atoms. The van der Waals surface area contributed by atoms with Crippen LogP contribution in [0.25, 0.3) is 0 Å². The Hall–Kier alpha value is -0.0800. The lowest BCUT2D eigenvalue weighted by atomic mass is 9.86. The highest BCUT2D eigenvalue weighted by molar-refractivity contribution is 4.82. The van der Waals surface area contributed by atoms with Crippen LogP contribution < -0.4 is 5.73 Å². The maximum atomic E-state index is 6.00. The molecule has 1 unspecified atom stereocenters. The number of hydrogen-bond donors (Lipinski definition) is 1. The predicted octanol–water partition coefficient (Wildman–Crippen LogP) is 1.54. The van der Waals surface area contributed by atoms with Gasteiger partial charge in [-0.05, 0) is 32.6 Å². The molecular weight excluding hydrogens is 138 g/mol. The largest absolute Gasteiger partial charge is 0.381 e. The Morgan fingerprint density at radius 3 is 2.73 bits per heavy atom. The van der Waals surface area contributed by atoms with Crippen molar-refractivity contribution in [2.45, 2.75) is 38.6 Å². The van der Waals surface area contributed by atoms with Gasteiger partial charge in [0.1, 0.15) is 0 Å². The molecule has 0 aliphatic carbocycles. The summed E-state index contributed by atoms with van der Waals surface area (Å²) in [4.78, 5) is 0. The van der Waals surface area contributed by atoms with E-state index in [-0.39, 0.29) is 5.54 Å². The standard InChI is InChI=1S/C9H19NO/c1-9(2,10)8-5-3-4-6-11-7-8/h8H,3-7,10H2,1-2H3. The molecule has 0 bridgehead atoms. The molecule has 66 valence electrons. The molecule has 2 heteroatoms. The molecule has 0 aromatic carbocycles. The Bertz CT molecular complexity index is 109. The summed E-state index contributed by atoms with van der Waals surface area (Å²) in [5, 5.41) is 0. The number of hydrogen-bond acceptors (Lipinski definition) is 2. The van der Waals surface area contributed by atoms with E-state index in [4.69, 9.17) is 10.5 Å². The van der Waals surface area contributed by atoms with E-state index in [0.29, 0.717) is 5.92 Å². The maximum absolute atomic E-state index is 6.00. The SMILES string of the molecule is CC(C)(N)C1CCCCOC1. The second-order valence-electron chi connectivity index (χ2n) is 4.09. The minimum Gasteiger partial charge on any atom is -0.381 e. The van der Waals surface area contributed by atoms with Crippen molar-refractivity contribution in [3.05, 3.63) is 0 Å². The number of rotatable bonds is 1. The average Bonchev–Trinajstić information content (AvgIpc) is 2.10. The average molecular weight is 157 g/mol. The van der Waals surface area contributed by atoms with Gasteiger partial charge in [-0.25, -0.2) is 0 Å². The molecule has 0 aromatic rings. The smallest absolute Gasteiger partial charge is 0.0511 e. The minimum atomic E-state index is -0.0651. The second kappa shape index (κ2) is 3.55. The first-order chi connectivity index (χ1) is 5.11. The predicted molar refractivity (Wildman–Crippen MR) is 46.4 cm³/mol. The Balaban J connectivity index is 2.43.